The van der Waals surface area contributed by atoms with Crippen molar-refractivity contribution in [3.63, 3.8) is 0 Å². The molecule has 4 N–H and O–H groups in total. The van der Waals surface area contributed by atoms with Gasteiger partial charge in [-0.15, -0.1) is 0 Å². The van der Waals surface area contributed by atoms with Crippen molar-refractivity contribution in [1.29, 1.82) is 0 Å². The van der Waals surface area contributed by atoms with E-state index < -0.39 is 35.4 Å². The molecule has 9 heteroatoms. The number of halogens is 2. The number of hydrogen-bond acceptors (Lipinski definition) is 5. The van der Waals surface area contributed by atoms with Crippen LogP contribution in [0.3, 0.4) is 0 Å². The Balaban J connectivity index is 2.09. The maximum absolute atomic E-state index is 13.3. The van der Waals surface area contributed by atoms with E-state index in [9.17, 15) is 19.1 Å². The van der Waals surface area contributed by atoms with Crippen LogP contribution in [0.25, 0.3) is 0 Å². The van der Waals surface area contributed by atoms with Gasteiger partial charge in [0, 0.05) is 24.7 Å². The SMILES string of the molecule is C[C@H](C[C@H](O)[C@@H](N)CN1CC(=O)N(c2ccc(F)cc2Cl)CC1(C)C)C(=O)O. The lowest BCUT2D eigenvalue weighted by Crippen LogP contribution is -2.64. The van der Waals surface area contributed by atoms with Gasteiger partial charge in [-0.05, 0) is 38.5 Å². The number of carbonyl (C=O) groups excluding carboxylic acids is 1. The molecule has 1 saturated heterocycles. The Labute approximate surface area is 168 Å². The largest absolute Gasteiger partial charge is 0.481 e. The first-order valence-electron chi connectivity index (χ1n) is 9.09. The lowest BCUT2D eigenvalue weighted by Gasteiger charge is -2.47. The van der Waals surface area contributed by atoms with E-state index >= 15 is 0 Å². The number of amides is 1. The predicted molar refractivity (Wildman–Crippen MR) is 105 cm³/mol. The monoisotopic (exact) mass is 415 g/mol. The second-order valence-corrected chi connectivity index (χ2v) is 8.38. The molecular formula is C19H27ClFN3O4. The lowest BCUT2D eigenvalue weighted by molar-refractivity contribution is -0.142. The zero-order chi connectivity index (χ0) is 21.2. The summed E-state index contributed by atoms with van der Waals surface area (Å²) in [6.45, 7) is 5.97. The van der Waals surface area contributed by atoms with Crippen molar-refractivity contribution in [2.75, 3.05) is 24.5 Å². The van der Waals surface area contributed by atoms with Crippen LogP contribution in [0.5, 0.6) is 0 Å². The van der Waals surface area contributed by atoms with E-state index in [1.54, 1.807) is 0 Å². The van der Waals surface area contributed by atoms with Gasteiger partial charge in [0.2, 0.25) is 5.91 Å². The average Bonchev–Trinajstić information content (AvgIpc) is 2.58. The van der Waals surface area contributed by atoms with Crippen molar-refractivity contribution in [3.05, 3.63) is 29.0 Å². The molecule has 3 atom stereocenters. The standard InChI is InChI=1S/C19H27ClFN3O4/c1-11(18(27)28)6-16(25)14(22)8-23-9-17(26)24(10-19(23,2)3)15-5-4-12(21)7-13(15)20/h4-5,7,11,14,16,25H,6,8-10,22H2,1-3H3,(H,27,28)/t11-,14+,16+/m1/s1. The molecule has 156 valence electrons. The third kappa shape index (κ3) is 5.20. The van der Waals surface area contributed by atoms with Crippen molar-refractivity contribution < 1.29 is 24.2 Å². The molecule has 0 aliphatic carbocycles. The molecule has 0 aromatic heterocycles. The van der Waals surface area contributed by atoms with E-state index in [0.29, 0.717) is 12.2 Å². The van der Waals surface area contributed by atoms with Gasteiger partial charge >= 0.3 is 5.97 Å². The molecule has 1 aromatic rings. The lowest BCUT2D eigenvalue weighted by atomic mass is 9.94. The third-order valence-corrected chi connectivity index (χ3v) is 5.47. The Bertz CT molecular complexity index is 746. The Morgan fingerprint density at radius 1 is 1.43 bits per heavy atom. The second-order valence-electron chi connectivity index (χ2n) is 7.97. The van der Waals surface area contributed by atoms with Crippen LogP contribution in [-0.4, -0.2) is 64.3 Å². The molecule has 0 saturated carbocycles. The Hall–Kier alpha value is -1.74. The number of piperazine rings is 1. The zero-order valence-electron chi connectivity index (χ0n) is 16.2. The molecule has 1 heterocycles. The molecule has 1 amide bonds. The number of carbonyl (C=O) groups is 2. The van der Waals surface area contributed by atoms with Crippen LogP contribution in [0.15, 0.2) is 18.2 Å². The van der Waals surface area contributed by atoms with Gasteiger partial charge in [-0.1, -0.05) is 18.5 Å². The number of rotatable bonds is 7. The zero-order valence-corrected chi connectivity index (χ0v) is 17.0. The van der Waals surface area contributed by atoms with E-state index in [4.69, 9.17) is 22.4 Å². The van der Waals surface area contributed by atoms with Gasteiger partial charge in [-0.2, -0.15) is 0 Å². The fourth-order valence-corrected chi connectivity index (χ4v) is 3.55. The van der Waals surface area contributed by atoms with Gasteiger partial charge in [0.15, 0.2) is 0 Å². The van der Waals surface area contributed by atoms with Crippen molar-refractivity contribution in [2.45, 2.75) is 44.9 Å². The van der Waals surface area contributed by atoms with Gasteiger partial charge < -0.3 is 20.8 Å². The predicted octanol–water partition coefficient (Wildman–Crippen LogP) is 1.71. The molecule has 0 radical (unpaired) electrons. The number of nitrogens with zero attached hydrogens (tertiary/aromatic N) is 2. The average molecular weight is 416 g/mol. The van der Waals surface area contributed by atoms with Crippen LogP contribution in [0.1, 0.15) is 27.2 Å². The molecule has 1 aliphatic heterocycles. The van der Waals surface area contributed by atoms with Crippen LogP contribution >= 0.6 is 11.6 Å². The van der Waals surface area contributed by atoms with E-state index in [1.807, 2.05) is 18.7 Å². The van der Waals surface area contributed by atoms with Gasteiger partial charge in [-0.25, -0.2) is 4.39 Å². The minimum atomic E-state index is -0.999. The van der Waals surface area contributed by atoms with Gasteiger partial charge in [-0.3, -0.25) is 14.5 Å². The van der Waals surface area contributed by atoms with Crippen LogP contribution in [0.2, 0.25) is 5.02 Å². The third-order valence-electron chi connectivity index (χ3n) is 5.17. The number of anilines is 1. The molecule has 1 aromatic carbocycles. The molecule has 7 nitrogen and oxygen atoms in total. The maximum atomic E-state index is 13.3. The molecular weight excluding hydrogens is 389 g/mol. The number of hydrogen-bond donors (Lipinski definition) is 3. The van der Waals surface area contributed by atoms with E-state index in [0.717, 1.165) is 0 Å². The minimum Gasteiger partial charge on any atom is -0.481 e. The molecule has 0 spiro atoms. The van der Waals surface area contributed by atoms with Crippen LogP contribution < -0.4 is 10.6 Å². The minimum absolute atomic E-state index is 0.0377. The molecule has 28 heavy (non-hydrogen) atoms. The fourth-order valence-electron chi connectivity index (χ4n) is 3.28. The van der Waals surface area contributed by atoms with Crippen molar-refractivity contribution in [3.8, 4) is 0 Å². The summed E-state index contributed by atoms with van der Waals surface area (Å²) in [5, 5.41) is 19.4. The summed E-state index contributed by atoms with van der Waals surface area (Å²) in [7, 11) is 0. The molecule has 1 fully saturated rings. The number of benzene rings is 1. The highest BCUT2D eigenvalue weighted by Gasteiger charge is 2.40. The fraction of sp³-hybridized carbons (Fsp3) is 0.579. The molecule has 0 unspecified atom stereocenters. The molecule has 0 bridgehead atoms. The maximum Gasteiger partial charge on any atom is 0.306 e. The second kappa shape index (κ2) is 8.73. The molecule has 1 aliphatic rings. The quantitative estimate of drug-likeness (QED) is 0.625. The summed E-state index contributed by atoms with van der Waals surface area (Å²) in [5.41, 5.74) is 6.04. The van der Waals surface area contributed by atoms with Crippen LogP contribution in [0, 0.1) is 11.7 Å². The van der Waals surface area contributed by atoms with Crippen LogP contribution in [-0.2, 0) is 9.59 Å². The Morgan fingerprint density at radius 2 is 2.07 bits per heavy atom. The summed E-state index contributed by atoms with van der Waals surface area (Å²) >= 11 is 6.11. The van der Waals surface area contributed by atoms with E-state index in [2.05, 4.69) is 0 Å². The van der Waals surface area contributed by atoms with Gasteiger partial charge in [0.05, 0.1) is 29.3 Å². The highest BCUT2D eigenvalue weighted by Crippen LogP contribution is 2.32. The number of aliphatic carboxylic acids is 1. The van der Waals surface area contributed by atoms with Crippen molar-refractivity contribution >= 4 is 29.2 Å². The molecule has 2 rings (SSSR count). The smallest absolute Gasteiger partial charge is 0.306 e. The number of carboxylic acid groups (broad SMARTS) is 1. The summed E-state index contributed by atoms with van der Waals surface area (Å²) in [5.74, 6) is -2.40. The van der Waals surface area contributed by atoms with Crippen molar-refractivity contribution in [2.24, 2.45) is 11.7 Å². The highest BCUT2D eigenvalue weighted by molar-refractivity contribution is 6.33. The summed E-state index contributed by atoms with van der Waals surface area (Å²) in [4.78, 5) is 27.0. The number of aliphatic hydroxyl groups is 1. The van der Waals surface area contributed by atoms with Gasteiger partial charge in [0.25, 0.3) is 0 Å². The summed E-state index contributed by atoms with van der Waals surface area (Å²) in [6, 6.07) is 3.20. The first-order valence-corrected chi connectivity index (χ1v) is 9.47. The van der Waals surface area contributed by atoms with Crippen molar-refractivity contribution in [1.82, 2.24) is 4.90 Å². The highest BCUT2D eigenvalue weighted by atomic mass is 35.5. The Kier molecular flexibility index (Phi) is 7.03. The van der Waals surface area contributed by atoms with E-state index in [-0.39, 0.29) is 30.4 Å². The number of nitrogens with two attached hydrogens (primary N) is 1. The van der Waals surface area contributed by atoms with Gasteiger partial charge in [0.1, 0.15) is 5.82 Å². The normalized spacial score (nSPS) is 20.7. The topological polar surface area (TPSA) is 107 Å². The van der Waals surface area contributed by atoms with Crippen LogP contribution in [0.4, 0.5) is 10.1 Å². The summed E-state index contributed by atoms with van der Waals surface area (Å²) < 4.78 is 13.3. The van der Waals surface area contributed by atoms with E-state index in [1.165, 1.54) is 30.0 Å². The first-order chi connectivity index (χ1) is 12.9. The first kappa shape index (κ1) is 22.5. The Morgan fingerprint density at radius 3 is 2.64 bits per heavy atom. The number of carboxylic acids is 1. The number of aliphatic hydroxyl groups excluding tert-OH is 1. The summed E-state index contributed by atoms with van der Waals surface area (Å²) in [6.07, 6.45) is -0.961.